The number of halogens is 4. The number of amides is 1. The van der Waals surface area contributed by atoms with Gasteiger partial charge in [-0.25, -0.2) is 8.78 Å². The zero-order valence-corrected chi connectivity index (χ0v) is 14.4. The van der Waals surface area contributed by atoms with E-state index >= 15 is 0 Å². The Bertz CT molecular complexity index is 490. The molecule has 0 aliphatic carbocycles. The van der Waals surface area contributed by atoms with Gasteiger partial charge in [-0.05, 0) is 25.1 Å². The molecular weight excluding hydrogens is 380 g/mol. The molecule has 8 heteroatoms. The molecule has 1 heterocycles. The molecule has 1 amide bonds. The smallest absolute Gasteiger partial charge is 0.257 e. The molecule has 0 unspecified atom stereocenters. The molecule has 1 aliphatic heterocycles. The molecule has 0 bridgehead atoms. The standard InChI is InChI=1S/C14H18BrF2N3O.ClH/c15-10-8-11(16)13(12(17)9-10)14(21)19-2-1-5-20-6-3-18-4-7-20;/h8-9,18H,1-7H2,(H,19,21);1H. The molecule has 22 heavy (non-hydrogen) atoms. The number of carbonyl (C=O) groups excluding carboxylic acids is 1. The molecule has 1 saturated heterocycles. The summed E-state index contributed by atoms with van der Waals surface area (Å²) < 4.78 is 27.5. The number of piperazine rings is 1. The van der Waals surface area contributed by atoms with Gasteiger partial charge in [-0.1, -0.05) is 15.9 Å². The normalized spacial score (nSPS) is 15.2. The van der Waals surface area contributed by atoms with Crippen molar-refractivity contribution >= 4 is 34.2 Å². The minimum absolute atomic E-state index is 0. The van der Waals surface area contributed by atoms with Crippen molar-refractivity contribution < 1.29 is 13.6 Å². The summed E-state index contributed by atoms with van der Waals surface area (Å²) >= 11 is 2.98. The number of rotatable bonds is 5. The summed E-state index contributed by atoms with van der Waals surface area (Å²) in [5.41, 5.74) is -0.527. The number of hydrogen-bond donors (Lipinski definition) is 2. The van der Waals surface area contributed by atoms with Crippen molar-refractivity contribution in [2.45, 2.75) is 6.42 Å². The maximum atomic E-state index is 13.6. The van der Waals surface area contributed by atoms with Crippen LogP contribution in [0.1, 0.15) is 16.8 Å². The quantitative estimate of drug-likeness (QED) is 0.747. The minimum atomic E-state index is -0.860. The maximum Gasteiger partial charge on any atom is 0.257 e. The lowest BCUT2D eigenvalue weighted by atomic mass is 10.2. The number of nitrogens with zero attached hydrogens (tertiary/aromatic N) is 1. The molecule has 2 N–H and O–H groups in total. The zero-order valence-electron chi connectivity index (χ0n) is 12.0. The van der Waals surface area contributed by atoms with Crippen molar-refractivity contribution in [1.82, 2.24) is 15.5 Å². The van der Waals surface area contributed by atoms with Gasteiger partial charge in [-0.3, -0.25) is 4.79 Å². The van der Waals surface area contributed by atoms with Gasteiger partial charge < -0.3 is 15.5 Å². The van der Waals surface area contributed by atoms with Crippen molar-refractivity contribution in [3.63, 3.8) is 0 Å². The second kappa shape index (κ2) is 9.39. The van der Waals surface area contributed by atoms with Crippen molar-refractivity contribution in [1.29, 1.82) is 0 Å². The first-order chi connectivity index (χ1) is 10.1. The van der Waals surface area contributed by atoms with Crippen molar-refractivity contribution in [3.8, 4) is 0 Å². The van der Waals surface area contributed by atoms with Gasteiger partial charge in [0.1, 0.15) is 17.2 Å². The molecule has 1 aromatic carbocycles. The van der Waals surface area contributed by atoms with Gasteiger partial charge in [0.15, 0.2) is 0 Å². The Hall–Kier alpha value is -0.760. The Kier molecular flexibility index (Phi) is 8.24. The van der Waals surface area contributed by atoms with Crippen molar-refractivity contribution in [2.24, 2.45) is 0 Å². The highest BCUT2D eigenvalue weighted by molar-refractivity contribution is 9.10. The van der Waals surface area contributed by atoms with Crippen LogP contribution in [-0.4, -0.2) is 50.1 Å². The van der Waals surface area contributed by atoms with E-state index in [9.17, 15) is 13.6 Å². The summed E-state index contributed by atoms with van der Waals surface area (Å²) in [6, 6.07) is 2.16. The third-order valence-corrected chi connectivity index (χ3v) is 3.84. The van der Waals surface area contributed by atoms with Crippen LogP contribution in [0, 0.1) is 11.6 Å². The van der Waals surface area contributed by atoms with Gasteiger partial charge in [0.2, 0.25) is 0 Å². The van der Waals surface area contributed by atoms with Crippen LogP contribution in [0.25, 0.3) is 0 Å². The summed E-state index contributed by atoms with van der Waals surface area (Å²) in [6.07, 6.45) is 0.755. The fourth-order valence-corrected chi connectivity index (χ4v) is 2.69. The van der Waals surface area contributed by atoms with E-state index in [1.54, 1.807) is 0 Å². The summed E-state index contributed by atoms with van der Waals surface area (Å²) in [5.74, 6) is -2.43. The average Bonchev–Trinajstić information content (AvgIpc) is 2.43. The van der Waals surface area contributed by atoms with Gasteiger partial charge in [0.05, 0.1) is 0 Å². The second-order valence-corrected chi connectivity index (χ2v) is 5.86. The summed E-state index contributed by atoms with van der Waals surface area (Å²) in [5, 5.41) is 5.83. The van der Waals surface area contributed by atoms with E-state index in [-0.39, 0.29) is 16.9 Å². The third kappa shape index (κ3) is 5.46. The Morgan fingerprint density at radius 3 is 2.45 bits per heavy atom. The highest BCUT2D eigenvalue weighted by Gasteiger charge is 2.18. The summed E-state index contributed by atoms with van der Waals surface area (Å²) in [7, 11) is 0. The van der Waals surface area contributed by atoms with E-state index < -0.39 is 23.1 Å². The van der Waals surface area contributed by atoms with Crippen LogP contribution in [0.5, 0.6) is 0 Å². The van der Waals surface area contributed by atoms with Crippen LogP contribution >= 0.6 is 28.3 Å². The number of nitrogens with one attached hydrogen (secondary N) is 2. The molecule has 4 nitrogen and oxygen atoms in total. The van der Waals surface area contributed by atoms with Crippen LogP contribution in [0.2, 0.25) is 0 Å². The molecule has 0 saturated carbocycles. The molecule has 0 radical (unpaired) electrons. The first-order valence-corrected chi connectivity index (χ1v) is 7.73. The molecule has 124 valence electrons. The van der Waals surface area contributed by atoms with E-state index in [1.165, 1.54) is 0 Å². The van der Waals surface area contributed by atoms with E-state index in [1.807, 2.05) is 0 Å². The maximum absolute atomic E-state index is 13.6. The van der Waals surface area contributed by atoms with Gasteiger partial charge in [-0.15, -0.1) is 12.4 Å². The number of benzene rings is 1. The van der Waals surface area contributed by atoms with Crippen LogP contribution < -0.4 is 10.6 Å². The first kappa shape index (κ1) is 19.3. The van der Waals surface area contributed by atoms with E-state index in [2.05, 4.69) is 31.5 Å². The van der Waals surface area contributed by atoms with Gasteiger partial charge >= 0.3 is 0 Å². The first-order valence-electron chi connectivity index (χ1n) is 6.94. The van der Waals surface area contributed by atoms with Crippen molar-refractivity contribution in [2.75, 3.05) is 39.3 Å². The minimum Gasteiger partial charge on any atom is -0.352 e. The molecular formula is C14H19BrClF2N3O. The number of carbonyl (C=O) groups is 1. The summed E-state index contributed by atoms with van der Waals surface area (Å²) in [4.78, 5) is 14.1. The van der Waals surface area contributed by atoms with Gasteiger partial charge in [-0.2, -0.15) is 0 Å². The van der Waals surface area contributed by atoms with Crippen LogP contribution in [0.3, 0.4) is 0 Å². The monoisotopic (exact) mass is 397 g/mol. The fraction of sp³-hybridized carbons (Fsp3) is 0.500. The van der Waals surface area contributed by atoms with Crippen molar-refractivity contribution in [3.05, 3.63) is 33.8 Å². The predicted octanol–water partition coefficient (Wildman–Crippen LogP) is 2.17. The molecule has 1 aliphatic rings. The van der Waals surface area contributed by atoms with Gasteiger partial charge in [0, 0.05) is 37.2 Å². The highest BCUT2D eigenvalue weighted by atomic mass is 79.9. The van der Waals surface area contributed by atoms with E-state index in [0.717, 1.165) is 51.3 Å². The molecule has 0 spiro atoms. The lowest BCUT2D eigenvalue weighted by molar-refractivity contribution is 0.0943. The lowest BCUT2D eigenvalue weighted by Gasteiger charge is -2.27. The summed E-state index contributed by atoms with van der Waals surface area (Å²) in [6.45, 7) is 5.20. The lowest BCUT2D eigenvalue weighted by Crippen LogP contribution is -2.44. The third-order valence-electron chi connectivity index (χ3n) is 3.38. The highest BCUT2D eigenvalue weighted by Crippen LogP contribution is 2.19. The fourth-order valence-electron chi connectivity index (χ4n) is 2.29. The van der Waals surface area contributed by atoms with Gasteiger partial charge in [0.25, 0.3) is 5.91 Å². The Morgan fingerprint density at radius 1 is 1.27 bits per heavy atom. The topological polar surface area (TPSA) is 44.4 Å². The van der Waals surface area contributed by atoms with Crippen LogP contribution in [0.4, 0.5) is 8.78 Å². The SMILES string of the molecule is Cl.O=C(NCCCN1CCNCC1)c1c(F)cc(Br)cc1F. The zero-order chi connectivity index (χ0) is 15.2. The Labute approximate surface area is 143 Å². The Morgan fingerprint density at radius 2 is 1.86 bits per heavy atom. The molecule has 0 atom stereocenters. The number of hydrogen-bond acceptors (Lipinski definition) is 3. The van der Waals surface area contributed by atoms with E-state index in [0.29, 0.717) is 6.54 Å². The predicted molar refractivity (Wildman–Crippen MR) is 87.6 cm³/mol. The molecule has 2 rings (SSSR count). The second-order valence-electron chi connectivity index (χ2n) is 4.95. The average molecular weight is 399 g/mol. The van der Waals surface area contributed by atoms with Crippen LogP contribution in [-0.2, 0) is 0 Å². The largest absolute Gasteiger partial charge is 0.352 e. The Balaban J connectivity index is 0.00000242. The molecule has 1 aromatic rings. The molecule has 1 fully saturated rings. The van der Waals surface area contributed by atoms with Crippen LogP contribution in [0.15, 0.2) is 16.6 Å². The van der Waals surface area contributed by atoms with E-state index in [4.69, 9.17) is 0 Å². The molecule has 0 aromatic heterocycles.